The number of hydrogen-bond donors (Lipinski definition) is 2. The Morgan fingerprint density at radius 2 is 1.79 bits per heavy atom. The lowest BCUT2D eigenvalue weighted by molar-refractivity contribution is -0.117. The molecule has 0 aliphatic heterocycles. The fourth-order valence-electron chi connectivity index (χ4n) is 2.06. The molecule has 9 heteroatoms. The molecular formula is C15H14N6O2S. The fourth-order valence-corrected chi connectivity index (χ4v) is 2.76. The van der Waals surface area contributed by atoms with E-state index in [0.29, 0.717) is 17.8 Å². The first kappa shape index (κ1) is 15.8. The molecular weight excluding hydrogens is 328 g/mol. The maximum atomic E-state index is 12.1. The van der Waals surface area contributed by atoms with E-state index in [-0.39, 0.29) is 18.4 Å². The van der Waals surface area contributed by atoms with Gasteiger partial charge >= 0.3 is 0 Å². The van der Waals surface area contributed by atoms with Gasteiger partial charge in [-0.05, 0) is 34.0 Å². The van der Waals surface area contributed by atoms with Crippen LogP contribution in [0.5, 0.6) is 0 Å². The number of nitrogens with zero attached hydrogens (tertiary/aromatic N) is 4. The minimum absolute atomic E-state index is 0.00945. The van der Waals surface area contributed by atoms with Crippen molar-refractivity contribution < 1.29 is 9.59 Å². The first-order chi connectivity index (χ1) is 11.7. The average molecular weight is 342 g/mol. The van der Waals surface area contributed by atoms with Gasteiger partial charge in [0.1, 0.15) is 12.9 Å². The molecule has 0 atom stereocenters. The molecule has 122 valence electrons. The zero-order valence-corrected chi connectivity index (χ0v) is 13.4. The van der Waals surface area contributed by atoms with Crippen LogP contribution in [0.2, 0.25) is 0 Å². The lowest BCUT2D eigenvalue weighted by atomic mass is 10.2. The summed E-state index contributed by atoms with van der Waals surface area (Å²) in [6.07, 6.45) is 1.65. The lowest BCUT2D eigenvalue weighted by Crippen LogP contribution is -2.21. The molecule has 0 spiro atoms. The van der Waals surface area contributed by atoms with Gasteiger partial charge in [-0.3, -0.25) is 9.59 Å². The standard InChI is InChI=1S/C15H14N6O2S/c22-14(8-11-4-3-7-24-11)17-12-5-1-2-6-13(12)18-15(23)9-21-10-16-19-20-21/h1-7,10H,8-9H2,(H,17,22)(H,18,23). The number of thiophene rings is 1. The van der Waals surface area contributed by atoms with Crippen LogP contribution < -0.4 is 10.6 Å². The molecule has 0 bridgehead atoms. The van der Waals surface area contributed by atoms with E-state index in [1.807, 2.05) is 17.5 Å². The number of tetrazole rings is 1. The van der Waals surface area contributed by atoms with Crippen LogP contribution in [0, 0.1) is 0 Å². The molecule has 2 amide bonds. The van der Waals surface area contributed by atoms with Gasteiger partial charge in [-0.1, -0.05) is 18.2 Å². The van der Waals surface area contributed by atoms with E-state index >= 15 is 0 Å². The van der Waals surface area contributed by atoms with E-state index in [1.165, 1.54) is 22.3 Å². The van der Waals surface area contributed by atoms with Crippen molar-refractivity contribution in [1.82, 2.24) is 20.2 Å². The second-order valence-electron chi connectivity index (χ2n) is 4.91. The van der Waals surface area contributed by atoms with Crippen LogP contribution in [-0.4, -0.2) is 32.0 Å². The maximum Gasteiger partial charge on any atom is 0.246 e. The normalized spacial score (nSPS) is 10.3. The Hall–Kier alpha value is -3.07. The highest BCUT2D eigenvalue weighted by Gasteiger charge is 2.11. The third-order valence-electron chi connectivity index (χ3n) is 3.09. The molecule has 0 radical (unpaired) electrons. The molecule has 2 N–H and O–H groups in total. The number of benzene rings is 1. The summed E-state index contributed by atoms with van der Waals surface area (Å²) in [7, 11) is 0. The molecule has 0 aliphatic carbocycles. The Bertz CT molecular complexity index is 747. The molecule has 0 saturated heterocycles. The maximum absolute atomic E-state index is 12.1. The van der Waals surface area contributed by atoms with Crippen LogP contribution >= 0.6 is 11.3 Å². The van der Waals surface area contributed by atoms with Crippen molar-refractivity contribution in [2.75, 3.05) is 10.6 Å². The molecule has 0 fully saturated rings. The van der Waals surface area contributed by atoms with Gasteiger partial charge in [-0.15, -0.1) is 16.4 Å². The zero-order valence-electron chi connectivity index (χ0n) is 12.5. The summed E-state index contributed by atoms with van der Waals surface area (Å²) in [5.74, 6) is -0.429. The summed E-state index contributed by atoms with van der Waals surface area (Å²) in [5.41, 5.74) is 1.07. The van der Waals surface area contributed by atoms with Crippen LogP contribution in [0.15, 0.2) is 48.1 Å². The predicted molar refractivity (Wildman–Crippen MR) is 89.5 cm³/mol. The summed E-state index contributed by atoms with van der Waals surface area (Å²) >= 11 is 1.53. The Balaban J connectivity index is 1.64. The van der Waals surface area contributed by atoms with Gasteiger partial charge in [0, 0.05) is 4.88 Å². The molecule has 2 heterocycles. The van der Waals surface area contributed by atoms with Crippen molar-refractivity contribution in [3.63, 3.8) is 0 Å². The molecule has 3 rings (SSSR count). The fraction of sp³-hybridized carbons (Fsp3) is 0.133. The lowest BCUT2D eigenvalue weighted by Gasteiger charge is -2.12. The number of aromatic nitrogens is 4. The number of carbonyl (C=O) groups is 2. The van der Waals surface area contributed by atoms with E-state index < -0.39 is 0 Å². The van der Waals surface area contributed by atoms with Gasteiger partial charge in [0.15, 0.2) is 0 Å². The first-order valence-electron chi connectivity index (χ1n) is 7.12. The van der Waals surface area contributed by atoms with E-state index in [2.05, 4.69) is 26.2 Å². The molecule has 0 saturated carbocycles. The van der Waals surface area contributed by atoms with E-state index in [4.69, 9.17) is 0 Å². The molecule has 1 aromatic carbocycles. The topological polar surface area (TPSA) is 102 Å². The number of hydrogen-bond acceptors (Lipinski definition) is 6. The average Bonchev–Trinajstić information content (AvgIpc) is 3.23. The second-order valence-corrected chi connectivity index (χ2v) is 5.94. The quantitative estimate of drug-likeness (QED) is 0.708. The van der Waals surface area contributed by atoms with Crippen molar-refractivity contribution >= 4 is 34.5 Å². The number of para-hydroxylation sites is 2. The van der Waals surface area contributed by atoms with Gasteiger partial charge in [0.2, 0.25) is 11.8 Å². The van der Waals surface area contributed by atoms with E-state index in [0.717, 1.165) is 4.88 Å². The molecule has 0 aliphatic rings. The number of carbonyl (C=O) groups excluding carboxylic acids is 2. The Morgan fingerprint density at radius 1 is 1.04 bits per heavy atom. The minimum Gasteiger partial charge on any atom is -0.324 e. The van der Waals surface area contributed by atoms with Gasteiger partial charge in [-0.25, -0.2) is 4.68 Å². The van der Waals surface area contributed by atoms with Crippen molar-refractivity contribution in [3.8, 4) is 0 Å². The van der Waals surface area contributed by atoms with Gasteiger partial charge in [0.25, 0.3) is 0 Å². The predicted octanol–water partition coefficient (Wildman–Crippen LogP) is 1.55. The van der Waals surface area contributed by atoms with Gasteiger partial charge < -0.3 is 10.6 Å². The summed E-state index contributed by atoms with van der Waals surface area (Å²) in [6, 6.07) is 10.8. The molecule has 8 nitrogen and oxygen atoms in total. The van der Waals surface area contributed by atoms with Crippen molar-refractivity contribution in [1.29, 1.82) is 0 Å². The molecule has 2 aromatic heterocycles. The largest absolute Gasteiger partial charge is 0.324 e. The van der Waals surface area contributed by atoms with Crippen LogP contribution in [0.25, 0.3) is 0 Å². The third kappa shape index (κ3) is 4.23. The number of rotatable bonds is 6. The zero-order chi connectivity index (χ0) is 16.8. The molecule has 3 aromatic rings. The highest BCUT2D eigenvalue weighted by molar-refractivity contribution is 7.10. The molecule has 24 heavy (non-hydrogen) atoms. The minimum atomic E-state index is -0.290. The monoisotopic (exact) mass is 342 g/mol. The summed E-state index contributed by atoms with van der Waals surface area (Å²) in [4.78, 5) is 25.1. The Kier molecular flexibility index (Phi) is 4.92. The Morgan fingerprint density at radius 3 is 2.42 bits per heavy atom. The van der Waals surface area contributed by atoms with Crippen molar-refractivity contribution in [2.24, 2.45) is 0 Å². The van der Waals surface area contributed by atoms with Gasteiger partial charge in [-0.2, -0.15) is 0 Å². The Labute approximate surface area is 141 Å². The van der Waals surface area contributed by atoms with Crippen LogP contribution in [0.3, 0.4) is 0 Å². The van der Waals surface area contributed by atoms with E-state index in [9.17, 15) is 9.59 Å². The van der Waals surface area contributed by atoms with Crippen LogP contribution in [-0.2, 0) is 22.6 Å². The van der Waals surface area contributed by atoms with Crippen LogP contribution in [0.1, 0.15) is 4.88 Å². The highest BCUT2D eigenvalue weighted by Crippen LogP contribution is 2.21. The number of anilines is 2. The SMILES string of the molecule is O=C(Cc1cccs1)Nc1ccccc1NC(=O)Cn1cnnn1. The number of nitrogens with one attached hydrogen (secondary N) is 2. The highest BCUT2D eigenvalue weighted by atomic mass is 32.1. The molecule has 0 unspecified atom stereocenters. The summed E-state index contributed by atoms with van der Waals surface area (Å²) in [6.45, 7) is -0.00945. The summed E-state index contributed by atoms with van der Waals surface area (Å²) in [5, 5.41) is 18.1. The first-order valence-corrected chi connectivity index (χ1v) is 8.00. The third-order valence-corrected chi connectivity index (χ3v) is 3.96. The van der Waals surface area contributed by atoms with Gasteiger partial charge in [0.05, 0.1) is 17.8 Å². The number of amides is 2. The smallest absolute Gasteiger partial charge is 0.246 e. The van der Waals surface area contributed by atoms with E-state index in [1.54, 1.807) is 24.3 Å². The van der Waals surface area contributed by atoms with Crippen molar-refractivity contribution in [2.45, 2.75) is 13.0 Å². The summed E-state index contributed by atoms with van der Waals surface area (Å²) < 4.78 is 1.31. The van der Waals surface area contributed by atoms with Crippen LogP contribution in [0.4, 0.5) is 11.4 Å². The second kappa shape index (κ2) is 7.47. The van der Waals surface area contributed by atoms with Crippen molar-refractivity contribution in [3.05, 3.63) is 53.0 Å².